The van der Waals surface area contributed by atoms with E-state index in [1.807, 2.05) is 31.2 Å². The predicted octanol–water partition coefficient (Wildman–Crippen LogP) is 3.03. The molecule has 0 unspecified atom stereocenters. The molecule has 4 rings (SSSR count). The molecule has 0 atom stereocenters. The maximum atomic E-state index is 12.9. The van der Waals surface area contributed by atoms with Crippen molar-refractivity contribution in [3.05, 3.63) is 50.6 Å². The van der Waals surface area contributed by atoms with Gasteiger partial charge in [-0.25, -0.2) is 0 Å². The summed E-state index contributed by atoms with van der Waals surface area (Å²) in [6.45, 7) is 1.98. The number of benzene rings is 1. The van der Waals surface area contributed by atoms with Crippen LogP contribution in [-0.2, 0) is 12.8 Å². The van der Waals surface area contributed by atoms with Gasteiger partial charge in [-0.1, -0.05) is 23.4 Å². The average Bonchev–Trinajstić information content (AvgIpc) is 2.88. The monoisotopic (exact) mass is 297 g/mol. The molecule has 4 nitrogen and oxygen atoms in total. The number of para-hydroxylation sites is 1. The van der Waals surface area contributed by atoms with E-state index in [1.54, 1.807) is 11.3 Å². The number of aromatic nitrogens is 3. The second-order valence-electron chi connectivity index (χ2n) is 5.48. The molecule has 2 aromatic heterocycles. The molecule has 5 heteroatoms. The second kappa shape index (κ2) is 4.77. The lowest BCUT2D eigenvalue weighted by Crippen LogP contribution is -2.23. The van der Waals surface area contributed by atoms with Crippen molar-refractivity contribution in [1.29, 1.82) is 0 Å². The minimum Gasteiger partial charge on any atom is -0.267 e. The summed E-state index contributed by atoms with van der Waals surface area (Å²) < 4.78 is 1.44. The summed E-state index contributed by atoms with van der Waals surface area (Å²) in [6.07, 6.45) is 4.42. The Morgan fingerprint density at radius 2 is 2.00 bits per heavy atom. The lowest BCUT2D eigenvalue weighted by molar-refractivity contribution is 0.696. The third-order valence-electron chi connectivity index (χ3n) is 4.13. The Labute approximate surface area is 126 Å². The first-order valence-electron chi connectivity index (χ1n) is 7.22. The Morgan fingerprint density at radius 3 is 2.86 bits per heavy atom. The standard InChI is InChI=1S/C16H15N3OS/c1-10-6-2-4-8-12(10)19-16(20)14-11-7-3-5-9-13(11)21-15(14)17-18-19/h2,4,6,8H,3,5,7,9H2,1H3. The molecule has 1 aliphatic rings. The van der Waals surface area contributed by atoms with Gasteiger partial charge in [-0.05, 0) is 49.8 Å². The van der Waals surface area contributed by atoms with E-state index in [0.29, 0.717) is 0 Å². The van der Waals surface area contributed by atoms with Gasteiger partial charge in [0.15, 0.2) is 4.83 Å². The lowest BCUT2D eigenvalue weighted by Gasteiger charge is -2.10. The Hall–Kier alpha value is -2.01. The highest BCUT2D eigenvalue weighted by molar-refractivity contribution is 7.18. The van der Waals surface area contributed by atoms with Gasteiger partial charge in [-0.15, -0.1) is 16.4 Å². The minimum absolute atomic E-state index is 0.0336. The third kappa shape index (κ3) is 1.92. The van der Waals surface area contributed by atoms with Crippen LogP contribution in [0.2, 0.25) is 0 Å². The number of hydrogen-bond acceptors (Lipinski definition) is 4. The highest BCUT2D eigenvalue weighted by Crippen LogP contribution is 2.33. The van der Waals surface area contributed by atoms with Crippen LogP contribution in [0.5, 0.6) is 0 Å². The Balaban J connectivity index is 2.03. The molecule has 0 aliphatic heterocycles. The Bertz CT molecular complexity index is 894. The number of thiophene rings is 1. The van der Waals surface area contributed by atoms with Gasteiger partial charge in [0.25, 0.3) is 5.56 Å². The van der Waals surface area contributed by atoms with Gasteiger partial charge in [-0.3, -0.25) is 4.79 Å². The zero-order chi connectivity index (χ0) is 14.4. The minimum atomic E-state index is -0.0336. The van der Waals surface area contributed by atoms with Gasteiger partial charge in [-0.2, -0.15) is 4.68 Å². The summed E-state index contributed by atoms with van der Waals surface area (Å²) in [5.41, 5.74) is 3.02. The van der Waals surface area contributed by atoms with Crippen LogP contribution in [0.1, 0.15) is 28.8 Å². The molecule has 0 N–H and O–H groups in total. The molecular formula is C16H15N3OS. The number of hydrogen-bond donors (Lipinski definition) is 0. The van der Waals surface area contributed by atoms with Crippen molar-refractivity contribution in [2.24, 2.45) is 0 Å². The van der Waals surface area contributed by atoms with Gasteiger partial charge in [0.05, 0.1) is 11.1 Å². The normalized spacial score (nSPS) is 14.3. The molecule has 1 aliphatic carbocycles. The van der Waals surface area contributed by atoms with E-state index in [9.17, 15) is 4.79 Å². The van der Waals surface area contributed by atoms with Crippen LogP contribution >= 0.6 is 11.3 Å². The quantitative estimate of drug-likeness (QED) is 0.693. The topological polar surface area (TPSA) is 47.8 Å². The fourth-order valence-corrected chi connectivity index (χ4v) is 4.23. The van der Waals surface area contributed by atoms with Crippen LogP contribution in [0.3, 0.4) is 0 Å². The molecular weight excluding hydrogens is 282 g/mol. The zero-order valence-electron chi connectivity index (χ0n) is 11.8. The molecule has 0 spiro atoms. The van der Waals surface area contributed by atoms with E-state index in [0.717, 1.165) is 40.7 Å². The first kappa shape index (κ1) is 12.7. The van der Waals surface area contributed by atoms with Crippen LogP contribution in [0, 0.1) is 6.92 Å². The van der Waals surface area contributed by atoms with Crippen molar-refractivity contribution in [2.75, 3.05) is 0 Å². The maximum Gasteiger partial charge on any atom is 0.283 e. The summed E-state index contributed by atoms with van der Waals surface area (Å²) in [7, 11) is 0. The molecule has 1 aromatic carbocycles. The molecule has 0 saturated carbocycles. The van der Waals surface area contributed by atoms with Gasteiger partial charge < -0.3 is 0 Å². The smallest absolute Gasteiger partial charge is 0.267 e. The van der Waals surface area contributed by atoms with Crippen LogP contribution in [-0.4, -0.2) is 15.0 Å². The van der Waals surface area contributed by atoms with Crippen molar-refractivity contribution < 1.29 is 0 Å². The number of rotatable bonds is 1. The van der Waals surface area contributed by atoms with Crippen molar-refractivity contribution in [1.82, 2.24) is 15.0 Å². The Kier molecular flexibility index (Phi) is 2.89. The number of fused-ring (bicyclic) bond motifs is 3. The molecule has 0 bridgehead atoms. The maximum absolute atomic E-state index is 12.9. The fraction of sp³-hybridized carbons (Fsp3) is 0.312. The van der Waals surface area contributed by atoms with Crippen molar-refractivity contribution in [3.8, 4) is 5.69 Å². The van der Waals surface area contributed by atoms with Crippen molar-refractivity contribution in [3.63, 3.8) is 0 Å². The van der Waals surface area contributed by atoms with Crippen LogP contribution in [0.15, 0.2) is 29.1 Å². The number of nitrogens with zero attached hydrogens (tertiary/aromatic N) is 3. The van der Waals surface area contributed by atoms with Crippen LogP contribution in [0.25, 0.3) is 15.9 Å². The van der Waals surface area contributed by atoms with Crippen LogP contribution in [0.4, 0.5) is 0 Å². The fourth-order valence-electron chi connectivity index (χ4n) is 3.03. The second-order valence-corrected chi connectivity index (χ2v) is 6.57. The zero-order valence-corrected chi connectivity index (χ0v) is 12.6. The molecule has 0 amide bonds. The molecule has 21 heavy (non-hydrogen) atoms. The summed E-state index contributed by atoms with van der Waals surface area (Å²) in [5, 5.41) is 9.23. The van der Waals surface area contributed by atoms with Gasteiger partial charge in [0, 0.05) is 4.88 Å². The van der Waals surface area contributed by atoms with Gasteiger partial charge >= 0.3 is 0 Å². The summed E-state index contributed by atoms with van der Waals surface area (Å²) in [4.78, 5) is 15.0. The van der Waals surface area contributed by atoms with E-state index in [1.165, 1.54) is 21.5 Å². The van der Waals surface area contributed by atoms with E-state index >= 15 is 0 Å². The lowest BCUT2D eigenvalue weighted by atomic mass is 9.97. The molecule has 0 radical (unpaired) electrons. The first-order valence-corrected chi connectivity index (χ1v) is 8.03. The predicted molar refractivity (Wildman–Crippen MR) is 84.4 cm³/mol. The van der Waals surface area contributed by atoms with Crippen molar-refractivity contribution in [2.45, 2.75) is 32.6 Å². The van der Waals surface area contributed by atoms with E-state index < -0.39 is 0 Å². The molecule has 0 saturated heterocycles. The average molecular weight is 297 g/mol. The summed E-state index contributed by atoms with van der Waals surface area (Å²) in [5.74, 6) is 0. The Morgan fingerprint density at radius 1 is 1.19 bits per heavy atom. The summed E-state index contributed by atoms with van der Waals surface area (Å²) >= 11 is 1.64. The molecule has 0 fully saturated rings. The largest absolute Gasteiger partial charge is 0.283 e. The van der Waals surface area contributed by atoms with Crippen LogP contribution < -0.4 is 5.56 Å². The molecule has 106 valence electrons. The SMILES string of the molecule is Cc1ccccc1-n1nnc2sc3c(c2c1=O)CCCC3. The highest BCUT2D eigenvalue weighted by Gasteiger charge is 2.21. The molecule has 2 heterocycles. The number of aryl methyl sites for hydroxylation is 3. The van der Waals surface area contributed by atoms with Crippen molar-refractivity contribution >= 4 is 21.6 Å². The van der Waals surface area contributed by atoms with Gasteiger partial charge in [0.2, 0.25) is 0 Å². The highest BCUT2D eigenvalue weighted by atomic mass is 32.1. The third-order valence-corrected chi connectivity index (χ3v) is 5.30. The van der Waals surface area contributed by atoms with E-state index in [-0.39, 0.29) is 5.56 Å². The van der Waals surface area contributed by atoms with E-state index in [4.69, 9.17) is 0 Å². The summed E-state index contributed by atoms with van der Waals surface area (Å²) in [6, 6.07) is 7.78. The first-order chi connectivity index (χ1) is 10.3. The van der Waals surface area contributed by atoms with E-state index in [2.05, 4.69) is 10.3 Å². The molecule has 3 aromatic rings. The van der Waals surface area contributed by atoms with Gasteiger partial charge in [0.1, 0.15) is 0 Å².